The minimum Gasteiger partial charge on any atom is -0.456 e. The van der Waals surface area contributed by atoms with Crippen LogP contribution in [0.3, 0.4) is 0 Å². The molecule has 0 spiro atoms. The second-order valence-corrected chi connectivity index (χ2v) is 3.42. The lowest BCUT2D eigenvalue weighted by Gasteiger charge is -2.33. The van der Waals surface area contributed by atoms with Crippen molar-refractivity contribution in [3.63, 3.8) is 0 Å². The van der Waals surface area contributed by atoms with E-state index in [1.807, 2.05) is 6.92 Å². The van der Waals surface area contributed by atoms with E-state index in [4.69, 9.17) is 0 Å². The average molecular weight is 200 g/mol. The van der Waals surface area contributed by atoms with Gasteiger partial charge in [0.25, 0.3) is 5.91 Å². The van der Waals surface area contributed by atoms with Crippen molar-refractivity contribution in [1.29, 1.82) is 0 Å². The number of ether oxygens (including phenoxy) is 1. The SMILES string of the molecule is CC(=O)OCC(=O)N1CCNCC1C. The molecule has 1 aliphatic heterocycles. The first kappa shape index (κ1) is 11.0. The Morgan fingerprint density at radius 3 is 2.86 bits per heavy atom. The van der Waals surface area contributed by atoms with Crippen LogP contribution in [0.25, 0.3) is 0 Å². The fourth-order valence-corrected chi connectivity index (χ4v) is 1.46. The van der Waals surface area contributed by atoms with E-state index in [0.29, 0.717) is 6.54 Å². The highest BCUT2D eigenvalue weighted by Gasteiger charge is 2.23. The van der Waals surface area contributed by atoms with Gasteiger partial charge in [0.1, 0.15) is 0 Å². The third kappa shape index (κ3) is 2.99. The predicted octanol–water partition coefficient (Wildman–Crippen LogP) is -0.630. The first-order chi connectivity index (χ1) is 6.61. The Morgan fingerprint density at radius 2 is 2.29 bits per heavy atom. The van der Waals surface area contributed by atoms with Crippen LogP contribution < -0.4 is 5.32 Å². The van der Waals surface area contributed by atoms with Crippen LogP contribution in [0.2, 0.25) is 0 Å². The molecule has 1 atom stereocenters. The third-order valence-electron chi connectivity index (χ3n) is 2.22. The molecule has 0 aliphatic carbocycles. The highest BCUT2D eigenvalue weighted by Crippen LogP contribution is 2.02. The maximum absolute atomic E-state index is 11.5. The zero-order chi connectivity index (χ0) is 10.6. The Bertz CT molecular complexity index is 230. The molecule has 5 heteroatoms. The summed E-state index contributed by atoms with van der Waals surface area (Å²) in [6, 6.07) is 0.173. The van der Waals surface area contributed by atoms with Crippen LogP contribution in [0.15, 0.2) is 0 Å². The van der Waals surface area contributed by atoms with Crippen molar-refractivity contribution in [1.82, 2.24) is 10.2 Å². The van der Waals surface area contributed by atoms with Crippen molar-refractivity contribution in [3.8, 4) is 0 Å². The van der Waals surface area contributed by atoms with Gasteiger partial charge in [-0.1, -0.05) is 0 Å². The highest BCUT2D eigenvalue weighted by molar-refractivity contribution is 5.80. The van der Waals surface area contributed by atoms with Crippen LogP contribution in [-0.2, 0) is 14.3 Å². The van der Waals surface area contributed by atoms with Crippen LogP contribution in [0.4, 0.5) is 0 Å². The topological polar surface area (TPSA) is 58.6 Å². The van der Waals surface area contributed by atoms with Crippen molar-refractivity contribution in [2.24, 2.45) is 0 Å². The average Bonchev–Trinajstić information content (AvgIpc) is 2.15. The number of amides is 1. The van der Waals surface area contributed by atoms with Crippen LogP contribution in [0, 0.1) is 0 Å². The number of nitrogens with one attached hydrogen (secondary N) is 1. The quantitative estimate of drug-likeness (QED) is 0.603. The molecular weight excluding hydrogens is 184 g/mol. The molecule has 1 unspecified atom stereocenters. The fourth-order valence-electron chi connectivity index (χ4n) is 1.46. The zero-order valence-corrected chi connectivity index (χ0v) is 8.58. The number of carbonyl (C=O) groups excluding carboxylic acids is 2. The normalized spacial score (nSPS) is 21.9. The Labute approximate surface area is 83.4 Å². The van der Waals surface area contributed by atoms with E-state index in [2.05, 4.69) is 10.1 Å². The summed E-state index contributed by atoms with van der Waals surface area (Å²) in [6.07, 6.45) is 0. The first-order valence-electron chi connectivity index (χ1n) is 4.75. The lowest BCUT2D eigenvalue weighted by atomic mass is 10.2. The molecule has 1 saturated heterocycles. The smallest absolute Gasteiger partial charge is 0.303 e. The monoisotopic (exact) mass is 200 g/mol. The maximum Gasteiger partial charge on any atom is 0.303 e. The maximum atomic E-state index is 11.5. The number of piperazine rings is 1. The van der Waals surface area contributed by atoms with Gasteiger partial charge in [0.2, 0.25) is 0 Å². The molecule has 0 radical (unpaired) electrons. The molecule has 80 valence electrons. The van der Waals surface area contributed by atoms with Gasteiger partial charge >= 0.3 is 5.97 Å². The van der Waals surface area contributed by atoms with Crippen LogP contribution in [0.5, 0.6) is 0 Å². The van der Waals surface area contributed by atoms with Crippen LogP contribution in [0.1, 0.15) is 13.8 Å². The molecule has 5 nitrogen and oxygen atoms in total. The van der Waals surface area contributed by atoms with E-state index >= 15 is 0 Å². The summed E-state index contributed by atoms with van der Waals surface area (Å²) < 4.78 is 4.65. The number of esters is 1. The third-order valence-corrected chi connectivity index (χ3v) is 2.22. The van der Waals surface area contributed by atoms with Gasteiger partial charge in [0.05, 0.1) is 0 Å². The summed E-state index contributed by atoms with van der Waals surface area (Å²) in [5.74, 6) is -0.532. The molecular formula is C9H16N2O3. The predicted molar refractivity (Wildman–Crippen MR) is 50.7 cm³/mol. The molecule has 0 saturated carbocycles. The molecule has 0 aromatic rings. The van der Waals surface area contributed by atoms with E-state index in [1.165, 1.54) is 6.92 Å². The van der Waals surface area contributed by atoms with Gasteiger partial charge in [-0.3, -0.25) is 9.59 Å². The highest BCUT2D eigenvalue weighted by atomic mass is 16.5. The number of carbonyl (C=O) groups is 2. The summed E-state index contributed by atoms with van der Waals surface area (Å²) in [6.45, 7) is 5.41. The Morgan fingerprint density at radius 1 is 1.57 bits per heavy atom. The van der Waals surface area contributed by atoms with Gasteiger partial charge < -0.3 is 15.0 Å². The van der Waals surface area contributed by atoms with Crippen molar-refractivity contribution in [3.05, 3.63) is 0 Å². The molecule has 1 N–H and O–H groups in total. The minimum atomic E-state index is -0.416. The summed E-state index contributed by atoms with van der Waals surface area (Å²) in [5, 5.41) is 3.18. The number of hydrogen-bond donors (Lipinski definition) is 1. The molecule has 0 aromatic heterocycles. The molecule has 1 heterocycles. The van der Waals surface area contributed by atoms with Crippen molar-refractivity contribution in [2.45, 2.75) is 19.9 Å². The molecule has 1 aliphatic rings. The molecule has 1 rings (SSSR count). The van der Waals surface area contributed by atoms with Crippen LogP contribution in [-0.4, -0.2) is 49.1 Å². The summed E-state index contributed by atoms with van der Waals surface area (Å²) >= 11 is 0. The van der Waals surface area contributed by atoms with E-state index in [1.54, 1.807) is 4.90 Å². The fraction of sp³-hybridized carbons (Fsp3) is 0.778. The van der Waals surface area contributed by atoms with Crippen LogP contribution >= 0.6 is 0 Å². The summed E-state index contributed by atoms with van der Waals surface area (Å²) in [5.41, 5.74) is 0. The molecule has 1 fully saturated rings. The van der Waals surface area contributed by atoms with E-state index in [9.17, 15) is 9.59 Å². The number of rotatable bonds is 2. The number of nitrogens with zero attached hydrogens (tertiary/aromatic N) is 1. The van der Waals surface area contributed by atoms with Gasteiger partial charge in [-0.2, -0.15) is 0 Å². The standard InChI is InChI=1S/C9H16N2O3/c1-7-5-10-3-4-11(7)9(13)6-14-8(2)12/h7,10H,3-6H2,1-2H3. The molecule has 14 heavy (non-hydrogen) atoms. The lowest BCUT2D eigenvalue weighted by molar-refractivity contribution is -0.151. The van der Waals surface area contributed by atoms with Crippen molar-refractivity contribution >= 4 is 11.9 Å². The second kappa shape index (κ2) is 4.95. The molecule has 0 bridgehead atoms. The van der Waals surface area contributed by atoms with E-state index in [-0.39, 0.29) is 18.6 Å². The zero-order valence-electron chi connectivity index (χ0n) is 8.58. The van der Waals surface area contributed by atoms with Crippen molar-refractivity contribution < 1.29 is 14.3 Å². The minimum absolute atomic E-state index is 0.116. The second-order valence-electron chi connectivity index (χ2n) is 3.42. The van der Waals surface area contributed by atoms with Gasteiger partial charge in [0, 0.05) is 32.6 Å². The summed E-state index contributed by atoms with van der Waals surface area (Å²) in [7, 11) is 0. The van der Waals surface area contributed by atoms with E-state index in [0.717, 1.165) is 13.1 Å². The lowest BCUT2D eigenvalue weighted by Crippen LogP contribution is -2.53. The Kier molecular flexibility index (Phi) is 3.88. The largest absolute Gasteiger partial charge is 0.456 e. The molecule has 1 amide bonds. The molecule has 0 aromatic carbocycles. The Hall–Kier alpha value is -1.10. The van der Waals surface area contributed by atoms with Gasteiger partial charge in [-0.15, -0.1) is 0 Å². The summed E-state index contributed by atoms with van der Waals surface area (Å²) in [4.78, 5) is 23.8. The first-order valence-corrected chi connectivity index (χ1v) is 4.75. The van der Waals surface area contributed by atoms with Gasteiger partial charge in [0.15, 0.2) is 6.61 Å². The number of hydrogen-bond acceptors (Lipinski definition) is 4. The van der Waals surface area contributed by atoms with Crippen molar-refractivity contribution in [2.75, 3.05) is 26.2 Å². The van der Waals surface area contributed by atoms with E-state index < -0.39 is 5.97 Å². The van der Waals surface area contributed by atoms with Gasteiger partial charge in [-0.25, -0.2) is 0 Å². The Balaban J connectivity index is 2.38. The van der Waals surface area contributed by atoms with Gasteiger partial charge in [-0.05, 0) is 6.92 Å².